The van der Waals surface area contributed by atoms with Gasteiger partial charge in [-0.2, -0.15) is 0 Å². The lowest BCUT2D eigenvalue weighted by atomic mass is 9.67. The molecule has 3 rings (SSSR count). The summed E-state index contributed by atoms with van der Waals surface area (Å²) < 4.78 is 0. The fourth-order valence-electron chi connectivity index (χ4n) is 3.98. The highest BCUT2D eigenvalue weighted by Gasteiger charge is 2.45. The van der Waals surface area contributed by atoms with Crippen molar-refractivity contribution in [2.45, 2.75) is 37.0 Å². The first-order valence-corrected chi connectivity index (χ1v) is 7.61. The van der Waals surface area contributed by atoms with Gasteiger partial charge in [-0.25, -0.2) is 0 Å². The first kappa shape index (κ1) is 16.6. The lowest BCUT2D eigenvalue weighted by molar-refractivity contribution is -0.119. The standard InChI is InChI=1S/C19H21NO.ClH/c20-18(21)14-19(16-10-5-2-6-11-16)13-7-12-17(19)15-8-3-1-4-9-15;/h1-6,8-11,17H,7,12-14H2,(H2,20,21);1H. The zero-order valence-electron chi connectivity index (χ0n) is 12.6. The number of carbonyl (C=O) groups excluding carboxylic acids is 1. The fraction of sp³-hybridized carbons (Fsp3) is 0.316. The summed E-state index contributed by atoms with van der Waals surface area (Å²) in [4.78, 5) is 11.7. The number of rotatable bonds is 4. The molecule has 0 aromatic heterocycles. The van der Waals surface area contributed by atoms with E-state index in [2.05, 4.69) is 48.5 Å². The molecular weight excluding hydrogens is 294 g/mol. The van der Waals surface area contributed by atoms with E-state index in [1.807, 2.05) is 12.1 Å². The highest BCUT2D eigenvalue weighted by atomic mass is 35.5. The molecule has 1 amide bonds. The molecule has 2 unspecified atom stereocenters. The molecule has 0 bridgehead atoms. The van der Waals surface area contributed by atoms with Crippen LogP contribution in [-0.2, 0) is 10.2 Å². The van der Waals surface area contributed by atoms with E-state index in [-0.39, 0.29) is 23.7 Å². The molecule has 1 fully saturated rings. The molecule has 2 nitrogen and oxygen atoms in total. The van der Waals surface area contributed by atoms with Gasteiger partial charge in [-0.1, -0.05) is 67.1 Å². The minimum Gasteiger partial charge on any atom is -0.370 e. The van der Waals surface area contributed by atoms with Crippen LogP contribution in [0.15, 0.2) is 60.7 Å². The van der Waals surface area contributed by atoms with Gasteiger partial charge in [0.15, 0.2) is 0 Å². The molecule has 1 saturated carbocycles. The highest BCUT2D eigenvalue weighted by molar-refractivity contribution is 5.85. The molecule has 2 atom stereocenters. The first-order valence-electron chi connectivity index (χ1n) is 7.61. The van der Waals surface area contributed by atoms with Crippen molar-refractivity contribution < 1.29 is 4.79 Å². The van der Waals surface area contributed by atoms with Gasteiger partial charge in [-0.3, -0.25) is 4.79 Å². The maximum absolute atomic E-state index is 11.7. The highest BCUT2D eigenvalue weighted by Crippen LogP contribution is 2.53. The summed E-state index contributed by atoms with van der Waals surface area (Å²) in [6, 6.07) is 21.0. The zero-order valence-corrected chi connectivity index (χ0v) is 13.4. The van der Waals surface area contributed by atoms with Crippen molar-refractivity contribution in [3.05, 3.63) is 71.8 Å². The molecule has 0 spiro atoms. The van der Waals surface area contributed by atoms with Crippen molar-refractivity contribution in [2.75, 3.05) is 0 Å². The lowest BCUT2D eigenvalue weighted by Gasteiger charge is -2.36. The molecule has 0 aliphatic heterocycles. The Morgan fingerprint density at radius 2 is 1.64 bits per heavy atom. The second-order valence-corrected chi connectivity index (χ2v) is 6.02. The van der Waals surface area contributed by atoms with Gasteiger partial charge >= 0.3 is 0 Å². The van der Waals surface area contributed by atoms with Gasteiger partial charge in [0.1, 0.15) is 0 Å². The van der Waals surface area contributed by atoms with Crippen LogP contribution in [0.3, 0.4) is 0 Å². The molecule has 22 heavy (non-hydrogen) atoms. The molecule has 116 valence electrons. The van der Waals surface area contributed by atoms with Gasteiger partial charge in [0.2, 0.25) is 5.91 Å². The summed E-state index contributed by atoms with van der Waals surface area (Å²) in [6.07, 6.45) is 3.71. The third kappa shape index (κ3) is 3.02. The summed E-state index contributed by atoms with van der Waals surface area (Å²) in [5.41, 5.74) is 8.02. The summed E-state index contributed by atoms with van der Waals surface area (Å²) >= 11 is 0. The monoisotopic (exact) mass is 315 g/mol. The van der Waals surface area contributed by atoms with E-state index in [0.29, 0.717) is 12.3 Å². The molecule has 3 heteroatoms. The minimum atomic E-state index is -0.207. The predicted octanol–water partition coefficient (Wildman–Crippen LogP) is 4.19. The molecule has 2 aromatic rings. The zero-order chi connectivity index (χ0) is 14.7. The maximum atomic E-state index is 11.7. The van der Waals surface area contributed by atoms with Crippen LogP contribution in [0.4, 0.5) is 0 Å². The Morgan fingerprint density at radius 1 is 1.05 bits per heavy atom. The molecule has 2 N–H and O–H groups in total. The predicted molar refractivity (Wildman–Crippen MR) is 92.2 cm³/mol. The fourth-order valence-corrected chi connectivity index (χ4v) is 3.98. The van der Waals surface area contributed by atoms with Gasteiger partial charge in [0.25, 0.3) is 0 Å². The number of primary amides is 1. The van der Waals surface area contributed by atoms with E-state index >= 15 is 0 Å². The van der Waals surface area contributed by atoms with Crippen molar-refractivity contribution in [3.63, 3.8) is 0 Å². The number of hydrogen-bond donors (Lipinski definition) is 1. The van der Waals surface area contributed by atoms with Gasteiger partial charge in [-0.05, 0) is 29.9 Å². The van der Waals surface area contributed by atoms with E-state index in [0.717, 1.165) is 19.3 Å². The molecule has 1 aliphatic carbocycles. The number of benzene rings is 2. The van der Waals surface area contributed by atoms with Crippen LogP contribution in [0.1, 0.15) is 42.7 Å². The normalized spacial score (nSPS) is 23.7. The van der Waals surface area contributed by atoms with E-state index in [4.69, 9.17) is 5.73 Å². The molecule has 0 radical (unpaired) electrons. The van der Waals surface area contributed by atoms with Crippen molar-refractivity contribution in [3.8, 4) is 0 Å². The van der Waals surface area contributed by atoms with E-state index in [9.17, 15) is 4.79 Å². The molecule has 0 heterocycles. The van der Waals surface area contributed by atoms with Gasteiger partial charge in [0, 0.05) is 11.8 Å². The van der Waals surface area contributed by atoms with Crippen molar-refractivity contribution in [1.29, 1.82) is 0 Å². The number of hydrogen-bond acceptors (Lipinski definition) is 1. The topological polar surface area (TPSA) is 43.1 Å². The van der Waals surface area contributed by atoms with Gasteiger partial charge in [-0.15, -0.1) is 12.4 Å². The number of nitrogens with two attached hydrogens (primary N) is 1. The Balaban J connectivity index is 0.00000176. The van der Waals surface area contributed by atoms with Crippen molar-refractivity contribution in [1.82, 2.24) is 0 Å². The van der Waals surface area contributed by atoms with E-state index in [1.54, 1.807) is 0 Å². The average Bonchev–Trinajstić information content (AvgIpc) is 2.93. The van der Waals surface area contributed by atoms with Crippen molar-refractivity contribution in [2.24, 2.45) is 5.73 Å². The molecular formula is C19H22ClNO. The first-order chi connectivity index (χ1) is 10.2. The third-order valence-corrected chi connectivity index (χ3v) is 4.82. The molecule has 1 aliphatic rings. The second kappa shape index (κ2) is 6.97. The minimum absolute atomic E-state index is 0. The Bertz CT molecular complexity index is 614. The quantitative estimate of drug-likeness (QED) is 0.903. The maximum Gasteiger partial charge on any atom is 0.218 e. The Labute approximate surface area is 138 Å². The largest absolute Gasteiger partial charge is 0.370 e. The Morgan fingerprint density at radius 3 is 2.23 bits per heavy atom. The molecule has 0 saturated heterocycles. The number of amides is 1. The van der Waals surface area contributed by atoms with Crippen LogP contribution in [0.5, 0.6) is 0 Å². The number of carbonyl (C=O) groups is 1. The summed E-state index contributed by atoms with van der Waals surface area (Å²) in [5.74, 6) is 0.162. The van der Waals surface area contributed by atoms with Crippen molar-refractivity contribution >= 4 is 18.3 Å². The number of halogens is 1. The van der Waals surface area contributed by atoms with Gasteiger partial charge < -0.3 is 5.73 Å². The summed E-state index contributed by atoms with van der Waals surface area (Å²) in [7, 11) is 0. The van der Waals surface area contributed by atoms with E-state index in [1.165, 1.54) is 11.1 Å². The van der Waals surface area contributed by atoms with Crippen LogP contribution in [0.25, 0.3) is 0 Å². The SMILES string of the molecule is Cl.NC(=O)CC1(c2ccccc2)CCCC1c1ccccc1. The Kier molecular flexibility index (Phi) is 5.25. The third-order valence-electron chi connectivity index (χ3n) is 4.82. The average molecular weight is 316 g/mol. The van der Waals surface area contributed by atoms with Crippen LogP contribution >= 0.6 is 12.4 Å². The lowest BCUT2D eigenvalue weighted by Crippen LogP contribution is -2.34. The Hall–Kier alpha value is -1.80. The van der Waals surface area contributed by atoms with Crippen LogP contribution < -0.4 is 5.73 Å². The summed E-state index contributed by atoms with van der Waals surface area (Å²) in [5, 5.41) is 0. The molecule has 2 aromatic carbocycles. The van der Waals surface area contributed by atoms with Crippen LogP contribution in [0, 0.1) is 0 Å². The van der Waals surface area contributed by atoms with E-state index < -0.39 is 0 Å². The smallest absolute Gasteiger partial charge is 0.218 e. The second-order valence-electron chi connectivity index (χ2n) is 6.02. The van der Waals surface area contributed by atoms with Crippen LogP contribution in [0.2, 0.25) is 0 Å². The van der Waals surface area contributed by atoms with Gasteiger partial charge in [0.05, 0.1) is 0 Å². The summed E-state index contributed by atoms with van der Waals surface area (Å²) in [6.45, 7) is 0. The van der Waals surface area contributed by atoms with Crippen LogP contribution in [-0.4, -0.2) is 5.91 Å².